The van der Waals surface area contributed by atoms with Gasteiger partial charge in [-0.1, -0.05) is 23.7 Å². The molecule has 0 radical (unpaired) electrons. The Labute approximate surface area is 117 Å². The van der Waals surface area contributed by atoms with Gasteiger partial charge in [0.1, 0.15) is 11.4 Å². The maximum absolute atomic E-state index is 10.9. The fourth-order valence-electron chi connectivity index (χ4n) is 2.15. The maximum atomic E-state index is 10.9. The first-order valence-corrected chi connectivity index (χ1v) is 6.47. The van der Waals surface area contributed by atoms with Gasteiger partial charge in [-0.2, -0.15) is 5.10 Å². The first-order chi connectivity index (χ1) is 9.00. The van der Waals surface area contributed by atoms with E-state index in [2.05, 4.69) is 5.10 Å². The third kappa shape index (κ3) is 2.46. The average molecular weight is 281 g/mol. The number of methoxy groups -OCH3 is 1. The third-order valence-corrected chi connectivity index (χ3v) is 3.46. The predicted octanol–water partition coefficient (Wildman–Crippen LogP) is 2.82. The fraction of sp³-hybridized carbons (Fsp3) is 0.357. The van der Waals surface area contributed by atoms with E-state index in [-0.39, 0.29) is 0 Å². The van der Waals surface area contributed by atoms with Crippen LogP contribution in [0.3, 0.4) is 0 Å². The van der Waals surface area contributed by atoms with E-state index in [1.807, 2.05) is 25.1 Å². The first kappa shape index (κ1) is 13.9. The Morgan fingerprint density at radius 2 is 2.21 bits per heavy atom. The van der Waals surface area contributed by atoms with Crippen molar-refractivity contribution < 1.29 is 9.84 Å². The molecule has 0 fully saturated rings. The van der Waals surface area contributed by atoms with E-state index >= 15 is 0 Å². The highest BCUT2D eigenvalue weighted by Gasteiger charge is 2.32. The molecule has 0 bridgehead atoms. The summed E-state index contributed by atoms with van der Waals surface area (Å²) in [4.78, 5) is 0. The Hall–Kier alpha value is -1.52. The van der Waals surface area contributed by atoms with Gasteiger partial charge in [0.15, 0.2) is 0 Å². The maximum Gasteiger partial charge on any atom is 0.130 e. The van der Waals surface area contributed by atoms with E-state index in [4.69, 9.17) is 16.3 Å². The van der Waals surface area contributed by atoms with Crippen molar-refractivity contribution in [2.75, 3.05) is 7.11 Å². The quantitative estimate of drug-likeness (QED) is 0.937. The van der Waals surface area contributed by atoms with Crippen molar-refractivity contribution in [1.82, 2.24) is 9.78 Å². The zero-order valence-corrected chi connectivity index (χ0v) is 12.0. The molecule has 1 N–H and O–H groups in total. The van der Waals surface area contributed by atoms with Crippen LogP contribution in [0.25, 0.3) is 0 Å². The Morgan fingerprint density at radius 3 is 2.84 bits per heavy atom. The van der Waals surface area contributed by atoms with E-state index in [1.165, 1.54) is 0 Å². The summed E-state index contributed by atoms with van der Waals surface area (Å²) in [5.41, 5.74) is 0.0758. The number of aliphatic hydroxyl groups is 1. The van der Waals surface area contributed by atoms with Crippen LogP contribution in [0.1, 0.15) is 25.1 Å². The highest BCUT2D eigenvalue weighted by Crippen LogP contribution is 2.35. The molecule has 2 rings (SSSR count). The van der Waals surface area contributed by atoms with Crippen LogP contribution < -0.4 is 4.74 Å². The summed E-state index contributed by atoms with van der Waals surface area (Å²) in [5, 5.41) is 15.5. The van der Waals surface area contributed by atoms with E-state index in [9.17, 15) is 5.11 Å². The lowest BCUT2D eigenvalue weighted by Crippen LogP contribution is -2.27. The molecule has 19 heavy (non-hydrogen) atoms. The van der Waals surface area contributed by atoms with Gasteiger partial charge in [-0.15, -0.1) is 0 Å². The molecule has 5 heteroatoms. The molecule has 102 valence electrons. The standard InChI is InChI=1S/C14H17ClN2O2/c1-4-17-13(12(15)9-16-17)14(2,18)10-6-5-7-11(8-10)19-3/h5-9,18H,4H2,1-3H3. The monoisotopic (exact) mass is 280 g/mol. The fourth-order valence-corrected chi connectivity index (χ4v) is 2.47. The third-order valence-electron chi connectivity index (χ3n) is 3.19. The van der Waals surface area contributed by atoms with Crippen LogP contribution in [0, 0.1) is 0 Å². The summed E-state index contributed by atoms with van der Waals surface area (Å²) in [6, 6.07) is 7.30. The zero-order valence-electron chi connectivity index (χ0n) is 11.2. The number of halogens is 1. The number of aryl methyl sites for hydroxylation is 1. The molecular formula is C14H17ClN2O2. The van der Waals surface area contributed by atoms with Gasteiger partial charge in [-0.05, 0) is 31.5 Å². The van der Waals surface area contributed by atoms with Crippen molar-refractivity contribution in [3.63, 3.8) is 0 Å². The predicted molar refractivity (Wildman–Crippen MR) is 74.6 cm³/mol. The van der Waals surface area contributed by atoms with Crippen LogP contribution in [0.4, 0.5) is 0 Å². The Bertz CT molecular complexity index is 579. The number of ether oxygens (including phenoxy) is 1. The van der Waals surface area contributed by atoms with E-state index < -0.39 is 5.60 Å². The topological polar surface area (TPSA) is 47.3 Å². The number of rotatable bonds is 4. The lowest BCUT2D eigenvalue weighted by Gasteiger charge is -2.25. The lowest BCUT2D eigenvalue weighted by atomic mass is 9.92. The molecule has 0 aliphatic heterocycles. The Balaban J connectivity index is 2.54. The zero-order chi connectivity index (χ0) is 14.0. The second kappa shape index (κ2) is 5.23. The van der Waals surface area contributed by atoms with E-state index in [1.54, 1.807) is 31.0 Å². The van der Waals surface area contributed by atoms with Crippen molar-refractivity contribution in [2.24, 2.45) is 0 Å². The number of aromatic nitrogens is 2. The molecule has 0 saturated heterocycles. The van der Waals surface area contributed by atoms with Gasteiger partial charge in [0.05, 0.1) is 24.0 Å². The molecule has 4 nitrogen and oxygen atoms in total. The van der Waals surface area contributed by atoms with Gasteiger partial charge >= 0.3 is 0 Å². The minimum atomic E-state index is -1.22. The van der Waals surface area contributed by atoms with Gasteiger partial charge < -0.3 is 9.84 Å². The van der Waals surface area contributed by atoms with Gasteiger partial charge in [0, 0.05) is 6.54 Å². The summed E-state index contributed by atoms with van der Waals surface area (Å²) in [6.07, 6.45) is 1.55. The van der Waals surface area contributed by atoms with Crippen LogP contribution in [-0.2, 0) is 12.1 Å². The minimum absolute atomic E-state index is 0.453. The Kier molecular flexibility index (Phi) is 3.83. The van der Waals surface area contributed by atoms with Crippen LogP contribution >= 0.6 is 11.6 Å². The smallest absolute Gasteiger partial charge is 0.130 e. The molecular weight excluding hydrogens is 264 g/mol. The van der Waals surface area contributed by atoms with Crippen molar-refractivity contribution in [2.45, 2.75) is 26.0 Å². The summed E-state index contributed by atoms with van der Waals surface area (Å²) >= 11 is 6.16. The second-order valence-corrected chi connectivity index (χ2v) is 4.87. The molecule has 0 amide bonds. The summed E-state index contributed by atoms with van der Waals surface area (Å²) in [5.74, 6) is 0.691. The van der Waals surface area contributed by atoms with Gasteiger partial charge in [-0.3, -0.25) is 4.68 Å². The van der Waals surface area contributed by atoms with Crippen LogP contribution in [0.5, 0.6) is 5.75 Å². The van der Waals surface area contributed by atoms with E-state index in [0.29, 0.717) is 28.6 Å². The molecule has 0 saturated carbocycles. The molecule has 1 unspecified atom stereocenters. The first-order valence-electron chi connectivity index (χ1n) is 6.09. The SMILES string of the molecule is CCn1ncc(Cl)c1C(C)(O)c1cccc(OC)c1. The molecule has 0 aliphatic rings. The van der Waals surface area contributed by atoms with Gasteiger partial charge in [-0.25, -0.2) is 0 Å². The number of hydrogen-bond donors (Lipinski definition) is 1. The van der Waals surface area contributed by atoms with Crippen molar-refractivity contribution in [1.29, 1.82) is 0 Å². The normalized spacial score (nSPS) is 14.2. The van der Waals surface area contributed by atoms with Crippen LogP contribution in [0.15, 0.2) is 30.5 Å². The Morgan fingerprint density at radius 1 is 1.47 bits per heavy atom. The summed E-state index contributed by atoms with van der Waals surface area (Å²) < 4.78 is 6.88. The molecule has 0 aliphatic carbocycles. The molecule has 1 heterocycles. The van der Waals surface area contributed by atoms with Crippen molar-refractivity contribution in [3.8, 4) is 5.75 Å². The van der Waals surface area contributed by atoms with Gasteiger partial charge in [0.25, 0.3) is 0 Å². The number of benzene rings is 1. The summed E-state index contributed by atoms with van der Waals surface area (Å²) in [7, 11) is 1.59. The lowest BCUT2D eigenvalue weighted by molar-refractivity contribution is 0.0916. The second-order valence-electron chi connectivity index (χ2n) is 4.46. The van der Waals surface area contributed by atoms with Crippen LogP contribution in [-0.4, -0.2) is 22.0 Å². The molecule has 2 aromatic rings. The highest BCUT2D eigenvalue weighted by atomic mass is 35.5. The van der Waals surface area contributed by atoms with Crippen molar-refractivity contribution in [3.05, 3.63) is 46.7 Å². The van der Waals surface area contributed by atoms with E-state index in [0.717, 1.165) is 0 Å². The van der Waals surface area contributed by atoms with Crippen molar-refractivity contribution >= 4 is 11.6 Å². The van der Waals surface area contributed by atoms with Crippen LogP contribution in [0.2, 0.25) is 5.02 Å². The minimum Gasteiger partial charge on any atom is -0.497 e. The molecule has 1 aromatic carbocycles. The number of hydrogen-bond acceptors (Lipinski definition) is 3. The largest absolute Gasteiger partial charge is 0.497 e. The average Bonchev–Trinajstić information content (AvgIpc) is 2.80. The molecule has 1 atom stereocenters. The van der Waals surface area contributed by atoms with Gasteiger partial charge in [0.2, 0.25) is 0 Å². The highest BCUT2D eigenvalue weighted by molar-refractivity contribution is 6.31. The summed E-state index contributed by atoms with van der Waals surface area (Å²) in [6.45, 7) is 4.30. The number of nitrogens with zero attached hydrogens (tertiary/aromatic N) is 2. The molecule has 0 spiro atoms. The molecule has 1 aromatic heterocycles.